The average Bonchev–Trinajstić information content (AvgIpc) is 2.45. The molecule has 0 unspecified atom stereocenters. The number of nitrogens with one attached hydrogen (secondary N) is 1. The lowest BCUT2D eigenvalue weighted by Gasteiger charge is -2.09. The molecule has 1 aromatic heterocycles. The van der Waals surface area contributed by atoms with E-state index in [-0.39, 0.29) is 5.63 Å². The van der Waals surface area contributed by atoms with E-state index in [1.165, 1.54) is 0 Å². The lowest BCUT2D eigenvalue weighted by Crippen LogP contribution is -2.05. The number of hydrogen-bond donors (Lipinski definition) is 1. The van der Waals surface area contributed by atoms with Gasteiger partial charge in [-0.15, -0.1) is 0 Å². The Balaban J connectivity index is 1.93. The summed E-state index contributed by atoms with van der Waals surface area (Å²) in [6, 6.07) is 15.4. The predicted molar refractivity (Wildman–Crippen MR) is 88.7 cm³/mol. The Morgan fingerprint density at radius 1 is 1.10 bits per heavy atom. The summed E-state index contributed by atoms with van der Waals surface area (Å²) in [5, 5.41) is 4.28. The molecular weight excluding hydrogens is 330 g/mol. The summed E-state index contributed by atoms with van der Waals surface area (Å²) >= 11 is 3.41. The molecule has 0 aliphatic carbocycles. The molecule has 3 aromatic rings. The quantitative estimate of drug-likeness (QED) is 0.713. The first kappa shape index (κ1) is 13.9. The van der Waals surface area contributed by atoms with Crippen molar-refractivity contribution in [1.82, 2.24) is 0 Å². The molecular formula is C17H14BrNO2. The molecule has 3 nitrogen and oxygen atoms in total. The van der Waals surface area contributed by atoms with Crippen LogP contribution in [0.15, 0.2) is 62.2 Å². The zero-order chi connectivity index (χ0) is 14.8. The monoisotopic (exact) mass is 343 g/mol. The summed E-state index contributed by atoms with van der Waals surface area (Å²) in [5.74, 6) is 0. The minimum atomic E-state index is -0.319. The highest BCUT2D eigenvalue weighted by atomic mass is 79.9. The van der Waals surface area contributed by atoms with Crippen molar-refractivity contribution < 1.29 is 4.42 Å². The highest BCUT2D eigenvalue weighted by molar-refractivity contribution is 9.10. The van der Waals surface area contributed by atoms with E-state index in [2.05, 4.69) is 21.2 Å². The van der Waals surface area contributed by atoms with Crippen LogP contribution >= 0.6 is 15.9 Å². The van der Waals surface area contributed by atoms with Crippen molar-refractivity contribution >= 4 is 32.6 Å². The number of aryl methyl sites for hydroxylation is 1. The zero-order valence-electron chi connectivity index (χ0n) is 11.5. The van der Waals surface area contributed by atoms with Gasteiger partial charge in [0.1, 0.15) is 5.58 Å². The molecule has 0 spiro atoms. The molecule has 0 saturated carbocycles. The van der Waals surface area contributed by atoms with Gasteiger partial charge in [0.15, 0.2) is 0 Å². The maximum atomic E-state index is 11.7. The molecule has 0 saturated heterocycles. The Morgan fingerprint density at radius 3 is 2.62 bits per heavy atom. The molecule has 0 amide bonds. The van der Waals surface area contributed by atoms with Gasteiger partial charge in [-0.2, -0.15) is 0 Å². The van der Waals surface area contributed by atoms with Crippen molar-refractivity contribution in [2.75, 3.05) is 5.32 Å². The maximum absolute atomic E-state index is 11.7. The lowest BCUT2D eigenvalue weighted by molar-refractivity contribution is 0.559. The fourth-order valence-corrected chi connectivity index (χ4v) is 2.51. The van der Waals surface area contributed by atoms with Gasteiger partial charge in [-0.3, -0.25) is 0 Å². The molecule has 0 fully saturated rings. The van der Waals surface area contributed by atoms with E-state index in [0.717, 1.165) is 26.7 Å². The number of fused-ring (bicyclic) bond motifs is 1. The van der Waals surface area contributed by atoms with E-state index in [9.17, 15) is 4.79 Å². The van der Waals surface area contributed by atoms with E-state index < -0.39 is 0 Å². The van der Waals surface area contributed by atoms with Crippen molar-refractivity contribution in [2.24, 2.45) is 0 Å². The van der Waals surface area contributed by atoms with Crippen molar-refractivity contribution in [2.45, 2.75) is 13.5 Å². The van der Waals surface area contributed by atoms with E-state index in [1.54, 1.807) is 6.07 Å². The first-order chi connectivity index (χ1) is 10.1. The van der Waals surface area contributed by atoms with E-state index >= 15 is 0 Å². The molecule has 0 aliphatic rings. The fourth-order valence-electron chi connectivity index (χ4n) is 2.25. The van der Waals surface area contributed by atoms with Gasteiger partial charge >= 0.3 is 5.63 Å². The number of benzene rings is 2. The molecule has 4 heteroatoms. The van der Waals surface area contributed by atoms with Gasteiger partial charge in [0.25, 0.3) is 0 Å². The normalized spacial score (nSPS) is 10.8. The minimum absolute atomic E-state index is 0.319. The van der Waals surface area contributed by atoms with E-state index in [0.29, 0.717) is 12.1 Å². The van der Waals surface area contributed by atoms with Gasteiger partial charge in [-0.05, 0) is 48.4 Å². The van der Waals surface area contributed by atoms with Crippen LogP contribution in [-0.2, 0) is 6.54 Å². The maximum Gasteiger partial charge on any atom is 0.336 e. The molecule has 0 aliphatic heterocycles. The molecule has 106 valence electrons. The van der Waals surface area contributed by atoms with Gasteiger partial charge in [-0.1, -0.05) is 28.1 Å². The van der Waals surface area contributed by atoms with Crippen LogP contribution in [0.1, 0.15) is 11.1 Å². The Labute approximate surface area is 130 Å². The first-order valence-electron chi connectivity index (χ1n) is 6.65. The van der Waals surface area contributed by atoms with Crippen LogP contribution in [0, 0.1) is 6.92 Å². The average molecular weight is 344 g/mol. The van der Waals surface area contributed by atoms with Gasteiger partial charge in [-0.25, -0.2) is 4.79 Å². The second kappa shape index (κ2) is 5.74. The zero-order valence-corrected chi connectivity index (χ0v) is 13.1. The fraction of sp³-hybridized carbons (Fsp3) is 0.118. The lowest BCUT2D eigenvalue weighted by atomic mass is 10.1. The summed E-state index contributed by atoms with van der Waals surface area (Å²) in [6.45, 7) is 2.55. The Kier molecular flexibility index (Phi) is 3.80. The van der Waals surface area contributed by atoms with Crippen LogP contribution in [0.25, 0.3) is 11.0 Å². The standard InChI is InChI=1S/C17H14BrNO2/c1-11-2-7-15-12(9-17(20)21-16(15)8-11)10-19-14-5-3-13(18)4-6-14/h2-9,19H,10H2,1H3. The molecule has 0 bridgehead atoms. The van der Waals surface area contributed by atoms with Crippen molar-refractivity contribution in [3.05, 3.63) is 74.6 Å². The largest absolute Gasteiger partial charge is 0.423 e. The first-order valence-corrected chi connectivity index (χ1v) is 7.44. The van der Waals surface area contributed by atoms with E-state index in [1.807, 2.05) is 49.4 Å². The molecule has 3 rings (SSSR count). The highest BCUT2D eigenvalue weighted by Gasteiger charge is 2.05. The Bertz CT molecular complexity index is 838. The molecule has 0 atom stereocenters. The summed E-state index contributed by atoms with van der Waals surface area (Å²) in [4.78, 5) is 11.7. The molecule has 2 aromatic carbocycles. The van der Waals surface area contributed by atoms with Crippen LogP contribution in [0.2, 0.25) is 0 Å². The third kappa shape index (κ3) is 3.16. The van der Waals surface area contributed by atoms with Gasteiger partial charge in [0.2, 0.25) is 0 Å². The summed E-state index contributed by atoms with van der Waals surface area (Å²) in [6.07, 6.45) is 0. The van der Waals surface area contributed by atoms with Crippen LogP contribution < -0.4 is 10.9 Å². The number of halogens is 1. The smallest absolute Gasteiger partial charge is 0.336 e. The van der Waals surface area contributed by atoms with Crippen LogP contribution in [-0.4, -0.2) is 0 Å². The van der Waals surface area contributed by atoms with Crippen LogP contribution in [0.3, 0.4) is 0 Å². The number of hydrogen-bond acceptors (Lipinski definition) is 3. The van der Waals surface area contributed by atoms with Crippen molar-refractivity contribution in [1.29, 1.82) is 0 Å². The predicted octanol–water partition coefficient (Wildman–Crippen LogP) is 4.48. The van der Waals surface area contributed by atoms with Gasteiger partial charge < -0.3 is 9.73 Å². The Hall–Kier alpha value is -2.07. The van der Waals surface area contributed by atoms with Crippen LogP contribution in [0.5, 0.6) is 0 Å². The second-order valence-electron chi connectivity index (χ2n) is 4.95. The highest BCUT2D eigenvalue weighted by Crippen LogP contribution is 2.20. The molecule has 1 N–H and O–H groups in total. The number of rotatable bonds is 3. The van der Waals surface area contributed by atoms with Crippen molar-refractivity contribution in [3.8, 4) is 0 Å². The van der Waals surface area contributed by atoms with Gasteiger partial charge in [0, 0.05) is 28.2 Å². The third-order valence-electron chi connectivity index (χ3n) is 3.31. The number of anilines is 1. The summed E-state index contributed by atoms with van der Waals surface area (Å²) < 4.78 is 6.30. The topological polar surface area (TPSA) is 42.2 Å². The third-order valence-corrected chi connectivity index (χ3v) is 3.84. The molecule has 21 heavy (non-hydrogen) atoms. The summed E-state index contributed by atoms with van der Waals surface area (Å²) in [7, 11) is 0. The Morgan fingerprint density at radius 2 is 1.86 bits per heavy atom. The second-order valence-corrected chi connectivity index (χ2v) is 5.87. The van der Waals surface area contributed by atoms with Crippen molar-refractivity contribution in [3.63, 3.8) is 0 Å². The molecule has 1 heterocycles. The summed E-state index contributed by atoms with van der Waals surface area (Å²) in [5.41, 5.74) is 3.33. The van der Waals surface area contributed by atoms with Gasteiger partial charge in [0.05, 0.1) is 0 Å². The van der Waals surface area contributed by atoms with E-state index in [4.69, 9.17) is 4.42 Å². The van der Waals surface area contributed by atoms with Crippen LogP contribution in [0.4, 0.5) is 5.69 Å². The SMILES string of the molecule is Cc1ccc2c(CNc3ccc(Br)cc3)cc(=O)oc2c1. The minimum Gasteiger partial charge on any atom is -0.423 e. The molecule has 0 radical (unpaired) electrons.